The lowest BCUT2D eigenvalue weighted by molar-refractivity contribution is 0.467. The van der Waals surface area contributed by atoms with Gasteiger partial charge in [0, 0.05) is 23.4 Å². The normalized spacial score (nSPS) is 14.7. The molecule has 4 heterocycles. The van der Waals surface area contributed by atoms with Crippen LogP contribution in [0.15, 0.2) is 53.5 Å². The number of fused-ring (bicyclic) bond motifs is 2. The first-order valence-corrected chi connectivity index (χ1v) is 8.79. The average molecular weight is 366 g/mol. The van der Waals surface area contributed by atoms with E-state index in [0.717, 1.165) is 28.4 Å². The van der Waals surface area contributed by atoms with Crippen molar-refractivity contribution < 1.29 is 13.9 Å². The summed E-state index contributed by atoms with van der Waals surface area (Å²) in [5.74, 6) is -0.0983. The predicted molar refractivity (Wildman–Crippen MR) is 100 cm³/mol. The molecule has 2 N–H and O–H groups in total. The maximum atomic E-state index is 14.5. The molecule has 1 aliphatic rings. The standard InChI is InChI=1S/C17H11FN4O2.C3H8/c18-13-7-9(23)1-2-10(13)14-11-3-5-22-16(11)15(19-8-20-22)12-4-6-24-17(12)21-14;1-3-2/h1-8,14,21,23H;3H2,1-2H3. The molecule has 3 aromatic heterocycles. The molecule has 1 aliphatic heterocycles. The summed E-state index contributed by atoms with van der Waals surface area (Å²) in [6, 6.07) is 7.32. The van der Waals surface area contributed by atoms with E-state index >= 15 is 0 Å². The summed E-state index contributed by atoms with van der Waals surface area (Å²) in [5, 5.41) is 16.9. The lowest BCUT2D eigenvalue weighted by atomic mass is 9.99. The van der Waals surface area contributed by atoms with Gasteiger partial charge in [0.15, 0.2) is 0 Å². The van der Waals surface area contributed by atoms with Gasteiger partial charge in [-0.2, -0.15) is 5.10 Å². The van der Waals surface area contributed by atoms with Crippen LogP contribution in [-0.4, -0.2) is 19.7 Å². The molecule has 1 atom stereocenters. The Bertz CT molecular complexity index is 1100. The highest BCUT2D eigenvalue weighted by atomic mass is 19.1. The molecule has 0 spiro atoms. The number of aromatic nitrogens is 3. The first-order chi connectivity index (χ1) is 13.1. The Morgan fingerprint density at radius 2 is 2.04 bits per heavy atom. The highest BCUT2D eigenvalue weighted by Gasteiger charge is 2.29. The van der Waals surface area contributed by atoms with Crippen LogP contribution in [0.4, 0.5) is 10.3 Å². The van der Waals surface area contributed by atoms with Gasteiger partial charge in [-0.25, -0.2) is 13.9 Å². The Balaban J connectivity index is 0.000000565. The molecular formula is C20H19FN4O2. The maximum Gasteiger partial charge on any atom is 0.202 e. The molecule has 138 valence electrons. The van der Waals surface area contributed by atoms with E-state index in [2.05, 4.69) is 29.2 Å². The van der Waals surface area contributed by atoms with Gasteiger partial charge in [-0.1, -0.05) is 26.3 Å². The van der Waals surface area contributed by atoms with E-state index in [1.807, 2.05) is 18.3 Å². The van der Waals surface area contributed by atoms with Gasteiger partial charge in [0.25, 0.3) is 0 Å². The number of anilines is 1. The summed E-state index contributed by atoms with van der Waals surface area (Å²) in [4.78, 5) is 4.38. The second-order valence-electron chi connectivity index (χ2n) is 6.33. The van der Waals surface area contributed by atoms with Crippen LogP contribution in [0, 0.1) is 5.82 Å². The van der Waals surface area contributed by atoms with Crippen molar-refractivity contribution in [2.24, 2.45) is 0 Å². The monoisotopic (exact) mass is 366 g/mol. The second kappa shape index (κ2) is 6.75. The first kappa shape index (κ1) is 17.1. The van der Waals surface area contributed by atoms with Gasteiger partial charge in [0.05, 0.1) is 23.4 Å². The van der Waals surface area contributed by atoms with Crippen molar-refractivity contribution >= 4 is 11.4 Å². The predicted octanol–water partition coefficient (Wildman–Crippen LogP) is 4.77. The van der Waals surface area contributed by atoms with E-state index in [4.69, 9.17) is 4.42 Å². The minimum Gasteiger partial charge on any atom is -0.508 e. The smallest absolute Gasteiger partial charge is 0.202 e. The number of phenols is 1. The molecular weight excluding hydrogens is 347 g/mol. The molecule has 0 bridgehead atoms. The Kier molecular flexibility index (Phi) is 4.27. The first-order valence-electron chi connectivity index (χ1n) is 8.79. The van der Waals surface area contributed by atoms with Crippen LogP contribution in [0.3, 0.4) is 0 Å². The summed E-state index contributed by atoms with van der Waals surface area (Å²) in [6.07, 6.45) is 6.10. The molecule has 4 aromatic rings. The molecule has 5 rings (SSSR count). The summed E-state index contributed by atoms with van der Waals surface area (Å²) in [7, 11) is 0. The molecule has 0 saturated heterocycles. The Morgan fingerprint density at radius 3 is 2.81 bits per heavy atom. The van der Waals surface area contributed by atoms with E-state index in [9.17, 15) is 9.50 Å². The zero-order valence-corrected chi connectivity index (χ0v) is 15.0. The molecule has 1 aromatic carbocycles. The molecule has 0 aliphatic carbocycles. The van der Waals surface area contributed by atoms with Crippen molar-refractivity contribution in [2.45, 2.75) is 26.3 Å². The Morgan fingerprint density at radius 1 is 1.22 bits per heavy atom. The minimum absolute atomic E-state index is 0.116. The van der Waals surface area contributed by atoms with Gasteiger partial charge in [0.2, 0.25) is 5.88 Å². The van der Waals surface area contributed by atoms with Crippen LogP contribution in [-0.2, 0) is 0 Å². The second-order valence-corrected chi connectivity index (χ2v) is 6.33. The summed E-state index contributed by atoms with van der Waals surface area (Å²) >= 11 is 0. The van der Waals surface area contributed by atoms with Crippen molar-refractivity contribution in [3.63, 3.8) is 0 Å². The SMILES string of the molecule is CCC.Oc1ccc(C2Nc3occc3-c3ncnn4ccc2c34)c(F)c1. The third-order valence-corrected chi connectivity index (χ3v) is 4.29. The number of rotatable bonds is 1. The number of furan rings is 1. The number of hydrogen-bond acceptors (Lipinski definition) is 5. The molecule has 27 heavy (non-hydrogen) atoms. The minimum atomic E-state index is -0.500. The largest absolute Gasteiger partial charge is 0.508 e. The zero-order valence-electron chi connectivity index (χ0n) is 15.0. The van der Waals surface area contributed by atoms with Crippen molar-refractivity contribution in [3.05, 3.63) is 66.1 Å². The Hall–Kier alpha value is -3.35. The zero-order chi connectivity index (χ0) is 19.0. The number of nitrogens with zero attached hydrogens (tertiary/aromatic N) is 3. The molecule has 7 heteroatoms. The van der Waals surface area contributed by atoms with Crippen LogP contribution in [0.5, 0.6) is 5.75 Å². The van der Waals surface area contributed by atoms with Crippen LogP contribution < -0.4 is 5.32 Å². The molecule has 6 nitrogen and oxygen atoms in total. The van der Waals surface area contributed by atoms with Gasteiger partial charge in [-0.15, -0.1) is 0 Å². The topological polar surface area (TPSA) is 75.6 Å². The van der Waals surface area contributed by atoms with Gasteiger partial charge in [-0.05, 0) is 18.2 Å². The number of phenolic OH excluding ortho intramolecular Hbond substituents is 1. The van der Waals surface area contributed by atoms with Crippen molar-refractivity contribution in [1.82, 2.24) is 14.6 Å². The van der Waals surface area contributed by atoms with Crippen LogP contribution in [0.25, 0.3) is 16.8 Å². The van der Waals surface area contributed by atoms with Crippen molar-refractivity contribution in [2.75, 3.05) is 5.32 Å². The Labute approximate surface area is 155 Å². The van der Waals surface area contributed by atoms with Gasteiger partial charge >= 0.3 is 0 Å². The van der Waals surface area contributed by atoms with E-state index in [0.29, 0.717) is 11.4 Å². The lowest BCUT2D eigenvalue weighted by Crippen LogP contribution is -2.12. The molecule has 0 radical (unpaired) electrons. The van der Waals surface area contributed by atoms with Crippen LogP contribution >= 0.6 is 0 Å². The summed E-state index contributed by atoms with van der Waals surface area (Å²) < 4.78 is 21.7. The van der Waals surface area contributed by atoms with Gasteiger partial charge < -0.3 is 14.8 Å². The fraction of sp³-hybridized carbons (Fsp3) is 0.200. The van der Waals surface area contributed by atoms with Crippen molar-refractivity contribution in [1.29, 1.82) is 0 Å². The lowest BCUT2D eigenvalue weighted by Gasteiger charge is -2.18. The highest BCUT2D eigenvalue weighted by molar-refractivity contribution is 5.88. The third kappa shape index (κ3) is 2.81. The van der Waals surface area contributed by atoms with E-state index in [1.165, 1.54) is 18.8 Å². The summed E-state index contributed by atoms with van der Waals surface area (Å²) in [5.41, 5.74) is 3.55. The highest BCUT2D eigenvalue weighted by Crippen LogP contribution is 2.42. The van der Waals surface area contributed by atoms with Crippen LogP contribution in [0.1, 0.15) is 37.4 Å². The van der Waals surface area contributed by atoms with E-state index < -0.39 is 11.9 Å². The average Bonchev–Trinajstić information content (AvgIpc) is 3.25. The fourth-order valence-electron chi connectivity index (χ4n) is 3.22. The number of nitrogens with one attached hydrogen (secondary N) is 1. The van der Waals surface area contributed by atoms with Gasteiger partial charge in [-0.3, -0.25) is 0 Å². The number of halogens is 1. The third-order valence-electron chi connectivity index (χ3n) is 4.29. The van der Waals surface area contributed by atoms with E-state index in [1.54, 1.807) is 16.8 Å². The number of aromatic hydroxyl groups is 1. The number of benzene rings is 1. The molecule has 1 unspecified atom stereocenters. The van der Waals surface area contributed by atoms with E-state index in [-0.39, 0.29) is 5.75 Å². The van der Waals surface area contributed by atoms with Gasteiger partial charge in [0.1, 0.15) is 23.6 Å². The maximum absolute atomic E-state index is 14.5. The quantitative estimate of drug-likeness (QED) is 0.508. The number of hydrogen-bond donors (Lipinski definition) is 2. The van der Waals surface area contributed by atoms with Crippen molar-refractivity contribution in [3.8, 4) is 17.0 Å². The fourth-order valence-corrected chi connectivity index (χ4v) is 3.22. The van der Waals surface area contributed by atoms with Crippen LogP contribution in [0.2, 0.25) is 0 Å². The molecule has 0 fully saturated rings. The molecule has 0 amide bonds. The molecule has 0 saturated carbocycles. The summed E-state index contributed by atoms with van der Waals surface area (Å²) in [6.45, 7) is 4.25.